The molecule has 2 N–H and O–H groups in total. The van der Waals surface area contributed by atoms with Crippen molar-refractivity contribution in [2.24, 2.45) is 5.92 Å². The lowest BCUT2D eigenvalue weighted by Gasteiger charge is -2.27. The lowest BCUT2D eigenvalue weighted by Crippen LogP contribution is -2.50. The van der Waals surface area contributed by atoms with Gasteiger partial charge >= 0.3 is 12.0 Å². The predicted octanol–water partition coefficient (Wildman–Crippen LogP) is 1.88. The van der Waals surface area contributed by atoms with Crippen LogP contribution in [0, 0.1) is 5.92 Å². The number of rotatable bonds is 7. The Morgan fingerprint density at radius 3 is 2.28 bits per heavy atom. The zero-order valence-corrected chi connectivity index (χ0v) is 12.6. The minimum atomic E-state index is -0.983. The maximum Gasteiger partial charge on any atom is 0.326 e. The molecule has 1 unspecified atom stereocenters. The van der Waals surface area contributed by atoms with Crippen LogP contribution in [0.1, 0.15) is 27.2 Å². The lowest BCUT2D eigenvalue weighted by molar-refractivity contribution is -0.139. The van der Waals surface area contributed by atoms with Gasteiger partial charge in [-0.15, -0.1) is 0 Å². The maximum atomic E-state index is 11.9. The molecule has 0 aliphatic carbocycles. The molecule has 0 fully saturated rings. The van der Waals surface area contributed by atoms with Gasteiger partial charge < -0.3 is 15.3 Å². The monoisotopic (exact) mass is 276 g/mol. The summed E-state index contributed by atoms with van der Waals surface area (Å²) in [4.78, 5) is 24.5. The van der Waals surface area contributed by atoms with E-state index in [1.807, 2.05) is 27.0 Å². The van der Waals surface area contributed by atoms with Crippen molar-refractivity contribution < 1.29 is 14.7 Å². The number of thioether (sulfide) groups is 1. The van der Waals surface area contributed by atoms with E-state index in [9.17, 15) is 9.59 Å². The molecule has 106 valence electrons. The minimum Gasteiger partial charge on any atom is -0.480 e. The number of amides is 2. The van der Waals surface area contributed by atoms with Crippen LogP contribution in [0.2, 0.25) is 0 Å². The van der Waals surface area contributed by atoms with E-state index in [2.05, 4.69) is 5.32 Å². The summed E-state index contributed by atoms with van der Waals surface area (Å²) in [5, 5.41) is 11.6. The second-order valence-corrected chi connectivity index (χ2v) is 5.80. The normalized spacial score (nSPS) is 14.1. The second-order valence-electron chi connectivity index (χ2n) is 4.89. The highest BCUT2D eigenvalue weighted by molar-refractivity contribution is 7.98. The van der Waals surface area contributed by atoms with Gasteiger partial charge in [-0.3, -0.25) is 0 Å². The highest BCUT2D eigenvalue weighted by Gasteiger charge is 2.24. The third-order valence-electron chi connectivity index (χ3n) is 2.69. The Morgan fingerprint density at radius 1 is 1.33 bits per heavy atom. The predicted molar refractivity (Wildman–Crippen MR) is 75.0 cm³/mol. The zero-order valence-electron chi connectivity index (χ0n) is 11.8. The molecule has 0 heterocycles. The standard InChI is InChI=1S/C12H24N2O3S/c1-8(2)6-10(11(15)16)13-12(17)14(4)9(3)7-18-5/h8-10H,6-7H2,1-5H3,(H,13,17)(H,15,16)/t9?,10-/m1/s1. The van der Waals surface area contributed by atoms with Gasteiger partial charge in [0.15, 0.2) is 0 Å². The van der Waals surface area contributed by atoms with Crippen LogP contribution in [0.25, 0.3) is 0 Å². The molecule has 0 saturated carbocycles. The first kappa shape index (κ1) is 17.1. The Bertz CT molecular complexity index is 284. The molecule has 0 saturated heterocycles. The summed E-state index contributed by atoms with van der Waals surface area (Å²) in [6.07, 6.45) is 2.41. The first-order valence-corrected chi connectivity index (χ1v) is 7.44. The van der Waals surface area contributed by atoms with Crippen LogP contribution in [0.5, 0.6) is 0 Å². The number of carboxylic acid groups (broad SMARTS) is 1. The second kappa shape index (κ2) is 8.24. The van der Waals surface area contributed by atoms with Crippen LogP contribution < -0.4 is 5.32 Å². The first-order valence-electron chi connectivity index (χ1n) is 6.04. The number of urea groups is 1. The highest BCUT2D eigenvalue weighted by atomic mass is 32.2. The van der Waals surface area contributed by atoms with Gasteiger partial charge in [-0.25, -0.2) is 9.59 Å². The van der Waals surface area contributed by atoms with Gasteiger partial charge in [0.25, 0.3) is 0 Å². The van der Waals surface area contributed by atoms with Crippen molar-refractivity contribution in [3.63, 3.8) is 0 Å². The average Bonchev–Trinajstić information content (AvgIpc) is 2.26. The molecule has 18 heavy (non-hydrogen) atoms. The van der Waals surface area contributed by atoms with Gasteiger partial charge in [0, 0.05) is 18.8 Å². The number of carbonyl (C=O) groups excluding carboxylic acids is 1. The first-order chi connectivity index (χ1) is 8.29. The topological polar surface area (TPSA) is 69.6 Å². The van der Waals surface area contributed by atoms with Crippen molar-refractivity contribution >= 4 is 23.8 Å². The summed E-state index contributed by atoms with van der Waals surface area (Å²) in [6, 6.07) is -1.07. The van der Waals surface area contributed by atoms with E-state index >= 15 is 0 Å². The molecule has 0 aromatic carbocycles. The van der Waals surface area contributed by atoms with E-state index in [1.54, 1.807) is 23.7 Å². The van der Waals surface area contributed by atoms with E-state index < -0.39 is 12.0 Å². The van der Waals surface area contributed by atoms with Crippen LogP contribution >= 0.6 is 11.8 Å². The molecule has 6 heteroatoms. The zero-order chi connectivity index (χ0) is 14.3. The van der Waals surface area contributed by atoms with Crippen molar-refractivity contribution in [1.29, 1.82) is 0 Å². The van der Waals surface area contributed by atoms with E-state index in [0.717, 1.165) is 5.75 Å². The molecule has 2 amide bonds. The van der Waals surface area contributed by atoms with Gasteiger partial charge in [-0.1, -0.05) is 13.8 Å². The molecule has 0 aliphatic rings. The Labute approximate surface area is 113 Å². The molecule has 0 aliphatic heterocycles. The summed E-state index contributed by atoms with van der Waals surface area (Å²) in [5.74, 6) is 0.0644. The van der Waals surface area contributed by atoms with Gasteiger partial charge in [0.1, 0.15) is 6.04 Å². The maximum absolute atomic E-state index is 11.9. The molecule has 5 nitrogen and oxygen atoms in total. The molecular formula is C12H24N2O3S. The Hall–Kier alpha value is -0.910. The van der Waals surface area contributed by atoms with E-state index in [4.69, 9.17) is 5.11 Å². The van der Waals surface area contributed by atoms with Crippen LogP contribution in [-0.4, -0.2) is 53.1 Å². The van der Waals surface area contributed by atoms with Crippen LogP contribution in [0.4, 0.5) is 4.79 Å². The molecule has 2 atom stereocenters. The molecule has 0 aromatic rings. The van der Waals surface area contributed by atoms with Crippen molar-refractivity contribution in [3.8, 4) is 0 Å². The minimum absolute atomic E-state index is 0.0773. The summed E-state index contributed by atoms with van der Waals surface area (Å²) >= 11 is 1.65. The summed E-state index contributed by atoms with van der Waals surface area (Å²) in [5.41, 5.74) is 0. The van der Waals surface area contributed by atoms with Gasteiger partial charge in [-0.05, 0) is 25.5 Å². The smallest absolute Gasteiger partial charge is 0.326 e. The SMILES string of the molecule is CSCC(C)N(C)C(=O)N[C@H](CC(C)C)C(=O)O. The molecule has 0 rings (SSSR count). The van der Waals surface area contributed by atoms with Crippen LogP contribution in [0.3, 0.4) is 0 Å². The molecule has 0 spiro atoms. The number of hydrogen-bond acceptors (Lipinski definition) is 3. The van der Waals surface area contributed by atoms with Gasteiger partial charge in [-0.2, -0.15) is 11.8 Å². The van der Waals surface area contributed by atoms with Crippen LogP contribution in [-0.2, 0) is 4.79 Å². The van der Waals surface area contributed by atoms with Crippen molar-refractivity contribution in [3.05, 3.63) is 0 Å². The summed E-state index contributed by atoms with van der Waals surface area (Å²) in [6.45, 7) is 5.80. The van der Waals surface area contributed by atoms with E-state index in [-0.39, 0.29) is 18.0 Å². The number of hydrogen-bond donors (Lipinski definition) is 2. The van der Waals surface area contributed by atoms with Crippen molar-refractivity contribution in [2.45, 2.75) is 39.3 Å². The van der Waals surface area contributed by atoms with E-state index in [1.165, 1.54) is 0 Å². The third-order valence-corrected chi connectivity index (χ3v) is 3.51. The van der Waals surface area contributed by atoms with Gasteiger partial charge in [0.2, 0.25) is 0 Å². The number of carbonyl (C=O) groups is 2. The Balaban J connectivity index is 4.45. The fourth-order valence-electron chi connectivity index (χ4n) is 1.50. The number of aliphatic carboxylic acids is 1. The highest BCUT2D eigenvalue weighted by Crippen LogP contribution is 2.07. The Kier molecular flexibility index (Phi) is 7.82. The Morgan fingerprint density at radius 2 is 1.89 bits per heavy atom. The molecule has 0 aromatic heterocycles. The number of nitrogens with one attached hydrogen (secondary N) is 1. The quantitative estimate of drug-likeness (QED) is 0.745. The third kappa shape index (κ3) is 6.14. The van der Waals surface area contributed by atoms with E-state index in [0.29, 0.717) is 6.42 Å². The lowest BCUT2D eigenvalue weighted by atomic mass is 10.0. The fraction of sp³-hybridized carbons (Fsp3) is 0.833. The van der Waals surface area contributed by atoms with Crippen molar-refractivity contribution in [1.82, 2.24) is 10.2 Å². The number of carboxylic acids is 1. The molecule has 0 radical (unpaired) electrons. The average molecular weight is 276 g/mol. The molecular weight excluding hydrogens is 252 g/mol. The van der Waals surface area contributed by atoms with Crippen molar-refractivity contribution in [2.75, 3.05) is 19.1 Å². The fourth-order valence-corrected chi connectivity index (χ4v) is 2.20. The summed E-state index contributed by atoms with van der Waals surface area (Å²) < 4.78 is 0. The van der Waals surface area contributed by atoms with Gasteiger partial charge in [0.05, 0.1) is 0 Å². The largest absolute Gasteiger partial charge is 0.480 e. The number of nitrogens with zero attached hydrogens (tertiary/aromatic N) is 1. The van der Waals surface area contributed by atoms with Crippen LogP contribution in [0.15, 0.2) is 0 Å². The molecule has 0 bridgehead atoms. The summed E-state index contributed by atoms with van der Waals surface area (Å²) in [7, 11) is 1.69.